The van der Waals surface area contributed by atoms with Crippen LogP contribution in [0.3, 0.4) is 0 Å². The minimum absolute atomic E-state index is 0.0205. The average Bonchev–Trinajstić information content (AvgIpc) is 3.06. The predicted molar refractivity (Wildman–Crippen MR) is 116 cm³/mol. The quantitative estimate of drug-likeness (QED) is 0.376. The Morgan fingerprint density at radius 1 is 1.06 bits per heavy atom. The van der Waals surface area contributed by atoms with Gasteiger partial charge in [-0.25, -0.2) is 4.39 Å². The van der Waals surface area contributed by atoms with Gasteiger partial charge in [0.1, 0.15) is 17.3 Å². The van der Waals surface area contributed by atoms with Crippen molar-refractivity contribution in [2.24, 2.45) is 0 Å². The molecular formula is C24H26FNO6. The lowest BCUT2D eigenvalue weighted by Crippen LogP contribution is -2.30. The molecule has 1 aliphatic rings. The fourth-order valence-electron chi connectivity index (χ4n) is 3.90. The normalized spacial score (nSPS) is 17.5. The van der Waals surface area contributed by atoms with Gasteiger partial charge in [0.25, 0.3) is 11.7 Å². The maximum atomic E-state index is 14.0. The summed E-state index contributed by atoms with van der Waals surface area (Å²) in [6, 6.07) is 7.74. The van der Waals surface area contributed by atoms with E-state index in [-0.39, 0.29) is 16.9 Å². The molecule has 2 aromatic rings. The summed E-state index contributed by atoms with van der Waals surface area (Å²) < 4.78 is 30.2. The number of hydrogen-bond donors (Lipinski definition) is 1. The number of ketones is 1. The highest BCUT2D eigenvalue weighted by molar-refractivity contribution is 6.46. The van der Waals surface area contributed by atoms with Crippen molar-refractivity contribution in [2.45, 2.75) is 25.8 Å². The van der Waals surface area contributed by atoms with Crippen LogP contribution in [0.5, 0.6) is 17.2 Å². The molecule has 1 unspecified atom stereocenters. The van der Waals surface area contributed by atoms with Gasteiger partial charge in [-0.05, 0) is 30.7 Å². The van der Waals surface area contributed by atoms with E-state index in [9.17, 15) is 19.1 Å². The number of carbonyl (C=O) groups is 2. The summed E-state index contributed by atoms with van der Waals surface area (Å²) in [5.74, 6) is -1.84. The number of benzene rings is 2. The number of nitrogens with zero attached hydrogens (tertiary/aromatic N) is 1. The highest BCUT2D eigenvalue weighted by atomic mass is 19.1. The molecule has 0 aromatic heterocycles. The van der Waals surface area contributed by atoms with Gasteiger partial charge in [-0.15, -0.1) is 0 Å². The molecule has 1 aliphatic heterocycles. The van der Waals surface area contributed by atoms with Gasteiger partial charge in [-0.2, -0.15) is 0 Å². The molecule has 0 spiro atoms. The van der Waals surface area contributed by atoms with Crippen LogP contribution in [-0.4, -0.2) is 49.6 Å². The first-order valence-electron chi connectivity index (χ1n) is 10.2. The van der Waals surface area contributed by atoms with E-state index in [2.05, 4.69) is 0 Å². The summed E-state index contributed by atoms with van der Waals surface area (Å²) in [6.45, 7) is 2.26. The van der Waals surface area contributed by atoms with Crippen molar-refractivity contribution >= 4 is 17.4 Å². The van der Waals surface area contributed by atoms with Gasteiger partial charge in [0, 0.05) is 12.1 Å². The van der Waals surface area contributed by atoms with Gasteiger partial charge in [-0.3, -0.25) is 9.59 Å². The Balaban J connectivity index is 2.31. The molecule has 3 rings (SSSR count). The monoisotopic (exact) mass is 443 g/mol. The van der Waals surface area contributed by atoms with E-state index >= 15 is 0 Å². The third-order valence-corrected chi connectivity index (χ3v) is 5.44. The number of hydrogen-bond acceptors (Lipinski definition) is 6. The summed E-state index contributed by atoms with van der Waals surface area (Å²) in [4.78, 5) is 27.5. The molecule has 32 heavy (non-hydrogen) atoms. The van der Waals surface area contributed by atoms with E-state index in [0.29, 0.717) is 30.0 Å². The van der Waals surface area contributed by atoms with Crippen LogP contribution in [0.15, 0.2) is 42.0 Å². The average molecular weight is 443 g/mol. The first kappa shape index (κ1) is 23.1. The van der Waals surface area contributed by atoms with Crippen LogP contribution in [0.2, 0.25) is 0 Å². The van der Waals surface area contributed by atoms with Crippen molar-refractivity contribution in [3.63, 3.8) is 0 Å². The Labute approximate surface area is 186 Å². The highest BCUT2D eigenvalue weighted by Gasteiger charge is 2.47. The highest BCUT2D eigenvalue weighted by Crippen LogP contribution is 2.46. The first-order valence-corrected chi connectivity index (χ1v) is 10.2. The maximum Gasteiger partial charge on any atom is 0.295 e. The lowest BCUT2D eigenvalue weighted by atomic mass is 9.94. The molecular weight excluding hydrogens is 417 g/mol. The number of ether oxygens (including phenoxy) is 3. The van der Waals surface area contributed by atoms with Crippen LogP contribution in [0.1, 0.15) is 36.9 Å². The van der Waals surface area contributed by atoms with Crippen LogP contribution >= 0.6 is 0 Å². The van der Waals surface area contributed by atoms with E-state index < -0.39 is 29.3 Å². The third kappa shape index (κ3) is 4.00. The fourth-order valence-corrected chi connectivity index (χ4v) is 3.90. The molecule has 1 heterocycles. The van der Waals surface area contributed by atoms with Gasteiger partial charge in [0.15, 0.2) is 11.5 Å². The lowest BCUT2D eigenvalue weighted by molar-refractivity contribution is -0.139. The Kier molecular flexibility index (Phi) is 7.02. The molecule has 2 aromatic carbocycles. The molecule has 1 N–H and O–H groups in total. The molecule has 1 fully saturated rings. The number of carbonyl (C=O) groups excluding carboxylic acids is 2. The maximum absolute atomic E-state index is 14.0. The summed E-state index contributed by atoms with van der Waals surface area (Å²) in [7, 11) is 4.30. The van der Waals surface area contributed by atoms with Gasteiger partial charge in [0.2, 0.25) is 0 Å². The van der Waals surface area contributed by atoms with Crippen LogP contribution in [-0.2, 0) is 9.59 Å². The van der Waals surface area contributed by atoms with E-state index in [1.54, 1.807) is 18.2 Å². The number of methoxy groups -OCH3 is 3. The number of amides is 1. The van der Waals surface area contributed by atoms with Crippen LogP contribution in [0.4, 0.5) is 4.39 Å². The Morgan fingerprint density at radius 2 is 1.78 bits per heavy atom. The third-order valence-electron chi connectivity index (χ3n) is 5.44. The molecule has 1 amide bonds. The number of aliphatic hydroxyl groups excluding tert-OH is 1. The Morgan fingerprint density at radius 3 is 2.41 bits per heavy atom. The Bertz CT molecular complexity index is 1060. The number of aliphatic hydroxyl groups is 1. The van der Waals surface area contributed by atoms with E-state index in [4.69, 9.17) is 14.2 Å². The van der Waals surface area contributed by atoms with E-state index in [1.165, 1.54) is 38.4 Å². The largest absolute Gasteiger partial charge is 0.507 e. The second kappa shape index (κ2) is 9.72. The smallest absolute Gasteiger partial charge is 0.295 e. The van der Waals surface area contributed by atoms with Crippen molar-refractivity contribution in [3.8, 4) is 17.2 Å². The van der Waals surface area contributed by atoms with Crippen LogP contribution in [0, 0.1) is 5.82 Å². The zero-order chi connectivity index (χ0) is 23.4. The van der Waals surface area contributed by atoms with Gasteiger partial charge in [0.05, 0.1) is 38.5 Å². The standard InChI is InChI=1S/C24H26FNO6/c1-5-6-12-26-20(15-8-7-9-18(31-3)23(15)32-4)19(22(28)24(26)29)21(27)16-13-14(25)10-11-17(16)30-2/h7-11,13,20,27H,5-6,12H2,1-4H3/b21-19+. The van der Waals surface area contributed by atoms with Crippen molar-refractivity contribution in [3.05, 3.63) is 58.9 Å². The number of halogens is 1. The topological polar surface area (TPSA) is 85.3 Å². The molecule has 170 valence electrons. The van der Waals surface area contributed by atoms with Crippen molar-refractivity contribution in [1.82, 2.24) is 4.90 Å². The summed E-state index contributed by atoms with van der Waals surface area (Å²) in [6.07, 6.45) is 1.45. The number of Topliss-reactive ketones (excluding diaryl/α,β-unsaturated/α-hetero) is 1. The van der Waals surface area contributed by atoms with Gasteiger partial charge >= 0.3 is 0 Å². The molecule has 1 saturated heterocycles. The first-order chi connectivity index (χ1) is 15.4. The second-order valence-corrected chi connectivity index (χ2v) is 7.27. The zero-order valence-corrected chi connectivity index (χ0v) is 18.5. The van der Waals surface area contributed by atoms with Crippen molar-refractivity contribution in [2.75, 3.05) is 27.9 Å². The number of unbranched alkanes of at least 4 members (excludes halogenated alkanes) is 1. The molecule has 0 radical (unpaired) electrons. The SMILES string of the molecule is CCCCN1C(=O)C(=O)/C(=C(/O)c2cc(F)ccc2OC)C1c1cccc(OC)c1OC. The van der Waals surface area contributed by atoms with Gasteiger partial charge in [-0.1, -0.05) is 25.5 Å². The van der Waals surface area contributed by atoms with Crippen molar-refractivity contribution in [1.29, 1.82) is 0 Å². The van der Waals surface area contributed by atoms with E-state index in [0.717, 1.165) is 12.5 Å². The number of para-hydroxylation sites is 1. The van der Waals surface area contributed by atoms with Crippen LogP contribution in [0.25, 0.3) is 5.76 Å². The lowest BCUT2D eigenvalue weighted by Gasteiger charge is -2.27. The number of likely N-dealkylation sites (tertiary alicyclic amines) is 1. The molecule has 0 saturated carbocycles. The van der Waals surface area contributed by atoms with Crippen molar-refractivity contribution < 1.29 is 33.3 Å². The summed E-state index contributed by atoms with van der Waals surface area (Å²) in [5.41, 5.74) is 0.286. The van der Waals surface area contributed by atoms with E-state index in [1.807, 2.05) is 6.92 Å². The zero-order valence-electron chi connectivity index (χ0n) is 18.5. The Hall–Kier alpha value is -3.55. The molecule has 0 aliphatic carbocycles. The fraction of sp³-hybridized carbons (Fsp3) is 0.333. The minimum Gasteiger partial charge on any atom is -0.507 e. The summed E-state index contributed by atoms with van der Waals surface area (Å²) in [5, 5.41) is 11.2. The second-order valence-electron chi connectivity index (χ2n) is 7.27. The molecule has 1 atom stereocenters. The molecule has 7 nitrogen and oxygen atoms in total. The van der Waals surface area contributed by atoms with Crippen LogP contribution < -0.4 is 14.2 Å². The van der Waals surface area contributed by atoms with Gasteiger partial charge < -0.3 is 24.2 Å². The minimum atomic E-state index is -0.945. The number of rotatable bonds is 8. The predicted octanol–water partition coefficient (Wildman–Crippen LogP) is 4.07. The summed E-state index contributed by atoms with van der Waals surface area (Å²) >= 11 is 0. The molecule has 8 heteroatoms. The molecule has 0 bridgehead atoms.